The fourth-order valence-electron chi connectivity index (χ4n) is 4.57. The molecule has 0 unspecified atom stereocenters. The normalized spacial score (nSPS) is 11.4. The van der Waals surface area contributed by atoms with E-state index in [1.54, 1.807) is 28.2 Å². The summed E-state index contributed by atoms with van der Waals surface area (Å²) in [5, 5.41) is 0. The molecule has 0 aliphatic heterocycles. The van der Waals surface area contributed by atoms with Crippen LogP contribution in [0.15, 0.2) is 24.3 Å². The maximum Gasteiger partial charge on any atom is 0.259 e. The summed E-state index contributed by atoms with van der Waals surface area (Å²) in [6.45, 7) is 15.3. The van der Waals surface area contributed by atoms with Gasteiger partial charge in [0.05, 0.1) is 26.4 Å². The summed E-state index contributed by atoms with van der Waals surface area (Å²) in [5.41, 5.74) is 4.92. The predicted octanol–water partition coefficient (Wildman–Crippen LogP) is 5.09. The van der Waals surface area contributed by atoms with E-state index in [0.29, 0.717) is 64.4 Å². The zero-order valence-corrected chi connectivity index (χ0v) is 29.0. The van der Waals surface area contributed by atoms with Crippen molar-refractivity contribution in [2.45, 2.75) is 73.4 Å². The van der Waals surface area contributed by atoms with Crippen molar-refractivity contribution in [3.8, 4) is 11.5 Å². The minimum Gasteiger partial charge on any atom is -0.483 e. The van der Waals surface area contributed by atoms with Gasteiger partial charge in [0, 0.05) is 82.3 Å². The number of carbonyl (C=O) groups excluding carboxylic acids is 2. The van der Waals surface area contributed by atoms with Crippen LogP contribution in [-0.4, -0.2) is 89.4 Å². The Labute approximate surface area is 269 Å². The van der Waals surface area contributed by atoms with Crippen LogP contribution in [-0.2, 0) is 60.4 Å². The predicted molar refractivity (Wildman–Crippen MR) is 175 cm³/mol. The van der Waals surface area contributed by atoms with Gasteiger partial charge in [0.2, 0.25) is 0 Å². The van der Waals surface area contributed by atoms with E-state index in [0.717, 1.165) is 33.4 Å². The Bertz CT molecular complexity index is 1090. The Balaban J connectivity index is 2.73. The average Bonchev–Trinajstić information content (AvgIpc) is 3.01. The molecule has 2 rings (SSSR count). The molecule has 0 N–H and O–H groups in total. The maximum atomic E-state index is 12.4. The third-order valence-electron chi connectivity index (χ3n) is 7.45. The number of hydrogen-bond acceptors (Lipinski definition) is 8. The molecule has 0 atom stereocenters. The number of likely N-dealkylation sites (N-methyl/N-ethyl adjacent to an activating group) is 2. The van der Waals surface area contributed by atoms with Crippen molar-refractivity contribution in [3.63, 3.8) is 0 Å². The molecule has 0 aliphatic rings. The highest BCUT2D eigenvalue weighted by atomic mass is 16.5. The molecule has 0 bridgehead atoms. The maximum absolute atomic E-state index is 12.4. The van der Waals surface area contributed by atoms with Gasteiger partial charge in [-0.1, -0.05) is 13.8 Å². The first kappa shape index (κ1) is 38.0. The molecule has 10 heteroatoms. The third-order valence-corrected chi connectivity index (χ3v) is 7.45. The van der Waals surface area contributed by atoms with Crippen LogP contribution in [0.4, 0.5) is 0 Å². The second-order valence-corrected chi connectivity index (χ2v) is 11.6. The summed E-state index contributed by atoms with van der Waals surface area (Å²) in [6.07, 6.45) is 0. The van der Waals surface area contributed by atoms with E-state index in [1.165, 1.54) is 9.80 Å². The summed E-state index contributed by atoms with van der Waals surface area (Å²) in [6, 6.07) is 8.35. The van der Waals surface area contributed by atoms with Crippen molar-refractivity contribution < 1.29 is 38.0 Å². The Morgan fingerprint density at radius 1 is 0.556 bits per heavy atom. The number of ether oxygens (including phenoxy) is 6. The van der Waals surface area contributed by atoms with Gasteiger partial charge in [-0.3, -0.25) is 9.59 Å². The first-order chi connectivity index (χ1) is 21.4. The minimum absolute atomic E-state index is 0.0899. The lowest BCUT2D eigenvalue weighted by atomic mass is 9.76. The number of amides is 2. The fourth-order valence-corrected chi connectivity index (χ4v) is 4.57. The molecule has 45 heavy (non-hydrogen) atoms. The molecule has 0 radical (unpaired) electrons. The van der Waals surface area contributed by atoms with E-state index in [-0.39, 0.29) is 25.0 Å². The van der Waals surface area contributed by atoms with Crippen molar-refractivity contribution in [3.05, 3.63) is 57.6 Å². The van der Waals surface area contributed by atoms with E-state index in [4.69, 9.17) is 28.4 Å². The van der Waals surface area contributed by atoms with Gasteiger partial charge >= 0.3 is 0 Å². The molecule has 0 aromatic heterocycles. The summed E-state index contributed by atoms with van der Waals surface area (Å²) >= 11 is 0. The molecule has 0 aliphatic carbocycles. The number of benzene rings is 2. The van der Waals surface area contributed by atoms with Crippen molar-refractivity contribution in [1.29, 1.82) is 0 Å². The van der Waals surface area contributed by atoms with Crippen LogP contribution in [0.2, 0.25) is 0 Å². The fraction of sp³-hybridized carbons (Fsp3) is 0.600. The molecular weight excluding hydrogens is 576 g/mol. The zero-order valence-electron chi connectivity index (χ0n) is 29.0. The van der Waals surface area contributed by atoms with Crippen LogP contribution in [0.25, 0.3) is 0 Å². The van der Waals surface area contributed by atoms with Gasteiger partial charge in [-0.15, -0.1) is 0 Å². The van der Waals surface area contributed by atoms with Crippen molar-refractivity contribution in [2.24, 2.45) is 0 Å². The Kier molecular flexibility index (Phi) is 15.8. The first-order valence-electron chi connectivity index (χ1n) is 15.7. The van der Waals surface area contributed by atoms with Gasteiger partial charge in [0.1, 0.15) is 11.5 Å². The first-order valence-corrected chi connectivity index (χ1v) is 15.7. The highest BCUT2D eigenvalue weighted by molar-refractivity contribution is 5.77. The largest absolute Gasteiger partial charge is 0.483 e. The molecule has 2 aromatic carbocycles. The van der Waals surface area contributed by atoms with Crippen LogP contribution >= 0.6 is 0 Å². The van der Waals surface area contributed by atoms with Gasteiger partial charge in [-0.2, -0.15) is 0 Å². The molecule has 0 spiro atoms. The zero-order chi connectivity index (χ0) is 33.6. The van der Waals surface area contributed by atoms with Crippen LogP contribution < -0.4 is 9.47 Å². The molecule has 252 valence electrons. The second-order valence-electron chi connectivity index (χ2n) is 11.6. The number of hydrogen-bond donors (Lipinski definition) is 0. The molecule has 10 nitrogen and oxygen atoms in total. The van der Waals surface area contributed by atoms with Gasteiger partial charge < -0.3 is 38.2 Å². The molecule has 0 saturated carbocycles. The number of carbonyl (C=O) groups is 2. The molecule has 0 fully saturated rings. The van der Waals surface area contributed by atoms with Crippen molar-refractivity contribution in [2.75, 3.05) is 67.8 Å². The van der Waals surface area contributed by atoms with E-state index < -0.39 is 5.41 Å². The standard InChI is InChI=1S/C35H54N2O8/c1-11-40-19-25-15-29(16-26(20-41-12-2)33(25)44-23-31(38)36(7)8)35(5,6)30-17-27(21-42-13-3)34(28(18-30)22-43-14-4)45-24-32(39)37(9)10/h15-18H,11-14,19-24H2,1-10H3. The van der Waals surface area contributed by atoms with E-state index in [1.807, 2.05) is 27.7 Å². The SMILES string of the molecule is CCOCc1cc(C(C)(C)c2cc(COCC)c(OCC(=O)N(C)C)c(COCC)c2)cc(COCC)c1OCC(=O)N(C)C. The van der Waals surface area contributed by atoms with E-state index in [2.05, 4.69) is 38.1 Å². The smallest absolute Gasteiger partial charge is 0.259 e. The number of rotatable bonds is 20. The Morgan fingerprint density at radius 3 is 1.04 bits per heavy atom. The summed E-state index contributed by atoms with van der Waals surface area (Å²) in [5.74, 6) is 0.940. The lowest BCUT2D eigenvalue weighted by Gasteiger charge is -2.30. The monoisotopic (exact) mass is 630 g/mol. The molecule has 2 amide bonds. The molecular formula is C35H54N2O8. The lowest BCUT2D eigenvalue weighted by Crippen LogP contribution is -2.28. The van der Waals surface area contributed by atoms with Crippen molar-refractivity contribution >= 4 is 11.8 Å². The van der Waals surface area contributed by atoms with Gasteiger partial charge in [0.15, 0.2) is 13.2 Å². The van der Waals surface area contributed by atoms with E-state index >= 15 is 0 Å². The second kappa shape index (κ2) is 18.7. The average molecular weight is 631 g/mol. The quantitative estimate of drug-likeness (QED) is 0.200. The Hall–Kier alpha value is -3.18. The molecule has 0 saturated heterocycles. The van der Waals surface area contributed by atoms with Crippen molar-refractivity contribution in [1.82, 2.24) is 9.80 Å². The van der Waals surface area contributed by atoms with Crippen LogP contribution in [0, 0.1) is 0 Å². The van der Waals surface area contributed by atoms with Gasteiger partial charge in [-0.05, 0) is 63.1 Å². The number of nitrogens with zero attached hydrogens (tertiary/aromatic N) is 2. The van der Waals surface area contributed by atoms with Gasteiger partial charge in [0.25, 0.3) is 11.8 Å². The molecule has 0 heterocycles. The van der Waals surface area contributed by atoms with Crippen LogP contribution in [0.3, 0.4) is 0 Å². The minimum atomic E-state index is -0.500. The lowest BCUT2D eigenvalue weighted by molar-refractivity contribution is -0.131. The third kappa shape index (κ3) is 11.0. The summed E-state index contributed by atoms with van der Waals surface area (Å²) in [7, 11) is 6.82. The van der Waals surface area contributed by atoms with E-state index in [9.17, 15) is 9.59 Å². The van der Waals surface area contributed by atoms with Crippen LogP contribution in [0.1, 0.15) is 74.9 Å². The van der Waals surface area contributed by atoms with Crippen LogP contribution in [0.5, 0.6) is 11.5 Å². The van der Waals surface area contributed by atoms with Gasteiger partial charge in [-0.25, -0.2) is 0 Å². The highest BCUT2D eigenvalue weighted by Crippen LogP contribution is 2.40. The summed E-state index contributed by atoms with van der Waals surface area (Å²) < 4.78 is 35.7. The summed E-state index contributed by atoms with van der Waals surface area (Å²) in [4.78, 5) is 27.9. The Morgan fingerprint density at radius 2 is 0.822 bits per heavy atom. The highest BCUT2D eigenvalue weighted by Gasteiger charge is 2.29. The topological polar surface area (TPSA) is 96.0 Å². The molecule has 2 aromatic rings.